The van der Waals surface area contributed by atoms with Gasteiger partial charge in [0.15, 0.2) is 0 Å². The molecule has 0 bridgehead atoms. The van der Waals surface area contributed by atoms with E-state index in [2.05, 4.69) is 5.32 Å². The lowest BCUT2D eigenvalue weighted by Crippen LogP contribution is -2.45. The van der Waals surface area contributed by atoms with Crippen LogP contribution in [0.3, 0.4) is 0 Å². The van der Waals surface area contributed by atoms with Gasteiger partial charge in [0.2, 0.25) is 5.91 Å². The van der Waals surface area contributed by atoms with E-state index in [0.717, 1.165) is 37.8 Å². The van der Waals surface area contributed by atoms with Gasteiger partial charge in [0.1, 0.15) is 0 Å². The van der Waals surface area contributed by atoms with Crippen LogP contribution in [0.2, 0.25) is 5.02 Å². The van der Waals surface area contributed by atoms with E-state index < -0.39 is 11.7 Å². The third-order valence-electron chi connectivity index (χ3n) is 4.14. The first-order valence-corrected chi connectivity index (χ1v) is 8.10. The highest BCUT2D eigenvalue weighted by atomic mass is 35.5. The van der Waals surface area contributed by atoms with Crippen LogP contribution < -0.4 is 5.32 Å². The van der Waals surface area contributed by atoms with Crippen molar-refractivity contribution in [3.63, 3.8) is 0 Å². The van der Waals surface area contributed by atoms with Gasteiger partial charge in [0.25, 0.3) is 0 Å². The van der Waals surface area contributed by atoms with Gasteiger partial charge in [-0.25, -0.2) is 0 Å². The van der Waals surface area contributed by atoms with Gasteiger partial charge in [-0.2, -0.15) is 13.2 Å². The monoisotopic (exact) mass is 348 g/mol. The van der Waals surface area contributed by atoms with E-state index in [1.165, 1.54) is 6.07 Å². The summed E-state index contributed by atoms with van der Waals surface area (Å²) in [5, 5.41) is 2.91. The topological polar surface area (TPSA) is 32.3 Å². The van der Waals surface area contributed by atoms with E-state index in [4.69, 9.17) is 11.6 Å². The SMILES string of the molecule is CCC1CCCCN1C(=O)CNc1cc(C(F)(F)F)ccc1Cl. The van der Waals surface area contributed by atoms with Crippen LogP contribution in [0.15, 0.2) is 18.2 Å². The van der Waals surface area contributed by atoms with E-state index in [1.807, 2.05) is 11.8 Å². The van der Waals surface area contributed by atoms with Gasteiger partial charge in [0, 0.05) is 12.6 Å². The predicted octanol–water partition coefficient (Wildman–Crippen LogP) is 4.56. The summed E-state index contributed by atoms with van der Waals surface area (Å²) in [6, 6.07) is 3.26. The van der Waals surface area contributed by atoms with Crippen LogP contribution in [0, 0.1) is 0 Å². The van der Waals surface area contributed by atoms with Crippen LogP contribution in [0.5, 0.6) is 0 Å². The van der Waals surface area contributed by atoms with Crippen LogP contribution in [-0.4, -0.2) is 29.9 Å². The maximum Gasteiger partial charge on any atom is 0.416 e. The zero-order chi connectivity index (χ0) is 17.0. The van der Waals surface area contributed by atoms with Crippen LogP contribution in [0.1, 0.15) is 38.2 Å². The molecule has 0 aliphatic carbocycles. The number of hydrogen-bond acceptors (Lipinski definition) is 2. The minimum Gasteiger partial charge on any atom is -0.375 e. The predicted molar refractivity (Wildman–Crippen MR) is 84.6 cm³/mol. The Hall–Kier alpha value is -1.43. The van der Waals surface area contributed by atoms with Gasteiger partial charge in [0.05, 0.1) is 22.8 Å². The molecule has 1 atom stereocenters. The maximum absolute atomic E-state index is 12.7. The number of alkyl halides is 3. The van der Waals surface area contributed by atoms with Crippen LogP contribution in [0.4, 0.5) is 18.9 Å². The van der Waals surface area contributed by atoms with Crippen LogP contribution in [0.25, 0.3) is 0 Å². The standard InChI is InChI=1S/C16H20ClF3N2O/c1-2-12-5-3-4-8-22(12)15(23)10-21-14-9-11(16(18,19)20)6-7-13(14)17/h6-7,9,12,21H,2-5,8,10H2,1H3. The fourth-order valence-corrected chi connectivity index (χ4v) is 3.05. The number of piperidine rings is 1. The molecule has 1 unspecified atom stereocenters. The largest absolute Gasteiger partial charge is 0.416 e. The summed E-state index contributed by atoms with van der Waals surface area (Å²) >= 11 is 5.92. The lowest BCUT2D eigenvalue weighted by atomic mass is 10.00. The van der Waals surface area contributed by atoms with Crippen LogP contribution in [-0.2, 0) is 11.0 Å². The van der Waals surface area contributed by atoms with Crippen molar-refractivity contribution in [2.24, 2.45) is 0 Å². The normalized spacial score (nSPS) is 18.8. The van der Waals surface area contributed by atoms with E-state index in [1.54, 1.807) is 0 Å². The van der Waals surface area contributed by atoms with Crippen molar-refractivity contribution in [3.05, 3.63) is 28.8 Å². The van der Waals surface area contributed by atoms with Gasteiger partial charge in [-0.05, 0) is 43.9 Å². The Morgan fingerprint density at radius 3 is 2.78 bits per heavy atom. The first-order chi connectivity index (χ1) is 10.8. The number of benzene rings is 1. The Morgan fingerprint density at radius 2 is 2.13 bits per heavy atom. The molecule has 1 aromatic rings. The van der Waals surface area contributed by atoms with Gasteiger partial charge in [-0.3, -0.25) is 4.79 Å². The highest BCUT2D eigenvalue weighted by Gasteiger charge is 2.31. The Kier molecular flexibility index (Phi) is 5.79. The number of likely N-dealkylation sites (tertiary alicyclic amines) is 1. The second-order valence-electron chi connectivity index (χ2n) is 5.69. The number of nitrogens with zero attached hydrogens (tertiary/aromatic N) is 1. The van der Waals surface area contributed by atoms with Crippen molar-refractivity contribution in [1.29, 1.82) is 0 Å². The first kappa shape index (κ1) is 17.9. The van der Waals surface area contributed by atoms with E-state index in [0.29, 0.717) is 6.54 Å². The van der Waals surface area contributed by atoms with Crippen molar-refractivity contribution < 1.29 is 18.0 Å². The second kappa shape index (κ2) is 7.43. The molecule has 3 nitrogen and oxygen atoms in total. The molecule has 23 heavy (non-hydrogen) atoms. The average molecular weight is 349 g/mol. The molecule has 1 heterocycles. The van der Waals surface area contributed by atoms with Crippen molar-refractivity contribution in [2.45, 2.75) is 44.8 Å². The average Bonchev–Trinajstić information content (AvgIpc) is 2.52. The number of amides is 1. The van der Waals surface area contributed by atoms with Gasteiger partial charge >= 0.3 is 6.18 Å². The Balaban J connectivity index is 2.04. The lowest BCUT2D eigenvalue weighted by Gasteiger charge is -2.35. The molecule has 1 fully saturated rings. The highest BCUT2D eigenvalue weighted by Crippen LogP contribution is 2.33. The van der Waals surface area contributed by atoms with E-state index >= 15 is 0 Å². The van der Waals surface area contributed by atoms with Crippen molar-refractivity contribution in [3.8, 4) is 0 Å². The Morgan fingerprint density at radius 1 is 1.39 bits per heavy atom. The number of nitrogens with one attached hydrogen (secondary N) is 1. The quantitative estimate of drug-likeness (QED) is 0.865. The number of halogens is 4. The maximum atomic E-state index is 12.7. The third kappa shape index (κ3) is 4.53. The third-order valence-corrected chi connectivity index (χ3v) is 4.47. The fourth-order valence-electron chi connectivity index (χ4n) is 2.86. The molecular formula is C16H20ClF3N2O. The summed E-state index contributed by atoms with van der Waals surface area (Å²) in [5.41, 5.74) is -0.666. The molecule has 1 aliphatic rings. The Labute approximate surface area is 138 Å². The van der Waals surface area contributed by atoms with E-state index in [-0.39, 0.29) is 29.2 Å². The van der Waals surface area contributed by atoms with E-state index in [9.17, 15) is 18.0 Å². The molecule has 0 spiro atoms. The van der Waals surface area contributed by atoms with Crippen LogP contribution >= 0.6 is 11.6 Å². The van der Waals surface area contributed by atoms with Gasteiger partial charge in [-0.1, -0.05) is 18.5 Å². The lowest BCUT2D eigenvalue weighted by molar-refractivity contribution is -0.137. The van der Waals surface area contributed by atoms with Crippen molar-refractivity contribution >= 4 is 23.2 Å². The summed E-state index contributed by atoms with van der Waals surface area (Å²) in [4.78, 5) is 14.1. The first-order valence-electron chi connectivity index (χ1n) is 7.73. The highest BCUT2D eigenvalue weighted by molar-refractivity contribution is 6.33. The smallest absolute Gasteiger partial charge is 0.375 e. The number of rotatable bonds is 4. The van der Waals surface area contributed by atoms with Crippen molar-refractivity contribution in [2.75, 3.05) is 18.4 Å². The fraction of sp³-hybridized carbons (Fsp3) is 0.562. The molecular weight excluding hydrogens is 329 g/mol. The molecule has 0 saturated carbocycles. The number of carbonyl (C=O) groups is 1. The summed E-state index contributed by atoms with van der Waals surface area (Å²) < 4.78 is 38.2. The number of hydrogen-bond donors (Lipinski definition) is 1. The van der Waals surface area contributed by atoms with Gasteiger partial charge in [-0.15, -0.1) is 0 Å². The Bertz CT molecular complexity index is 563. The molecule has 0 aromatic heterocycles. The second-order valence-corrected chi connectivity index (χ2v) is 6.10. The molecule has 1 saturated heterocycles. The molecule has 128 valence electrons. The molecule has 1 amide bonds. The summed E-state index contributed by atoms with van der Waals surface area (Å²) in [6.07, 6.45) is -0.504. The molecule has 1 N–H and O–H groups in total. The summed E-state index contributed by atoms with van der Waals surface area (Å²) in [6.45, 7) is 2.68. The number of carbonyl (C=O) groups excluding carboxylic acids is 1. The molecule has 7 heteroatoms. The zero-order valence-electron chi connectivity index (χ0n) is 12.9. The number of anilines is 1. The molecule has 1 aromatic carbocycles. The summed E-state index contributed by atoms with van der Waals surface area (Å²) in [7, 11) is 0. The molecule has 1 aliphatic heterocycles. The minimum atomic E-state index is -4.44. The van der Waals surface area contributed by atoms with Gasteiger partial charge < -0.3 is 10.2 Å². The summed E-state index contributed by atoms with van der Waals surface area (Å²) in [5.74, 6) is -0.106. The minimum absolute atomic E-state index is 0.0580. The zero-order valence-corrected chi connectivity index (χ0v) is 13.7. The molecule has 0 radical (unpaired) electrons. The molecule has 2 rings (SSSR count). The van der Waals surface area contributed by atoms with Crippen molar-refractivity contribution in [1.82, 2.24) is 4.90 Å².